The van der Waals surface area contributed by atoms with Gasteiger partial charge in [-0.2, -0.15) is 0 Å². The van der Waals surface area contributed by atoms with E-state index >= 15 is 0 Å². The van der Waals surface area contributed by atoms with E-state index in [0.29, 0.717) is 6.61 Å². The second kappa shape index (κ2) is 8.45. The van der Waals surface area contributed by atoms with Crippen LogP contribution in [0.15, 0.2) is 54.6 Å². The quantitative estimate of drug-likeness (QED) is 0.720. The van der Waals surface area contributed by atoms with Crippen molar-refractivity contribution in [1.82, 2.24) is 4.90 Å². The number of halogens is 1. The third-order valence-electron chi connectivity index (χ3n) is 5.03. The van der Waals surface area contributed by atoms with Crippen LogP contribution in [0.4, 0.5) is 4.39 Å². The fraction of sp³-hybridized carbons (Fsp3) is 0.409. The average Bonchev–Trinajstić information content (AvgIpc) is 3.10. The molecule has 1 saturated heterocycles. The second-order valence-corrected chi connectivity index (χ2v) is 7.32. The Bertz CT molecular complexity index is 732. The number of carbonyl (C=O) groups is 1. The highest BCUT2D eigenvalue weighted by atomic mass is 19.1. The summed E-state index contributed by atoms with van der Waals surface area (Å²) in [5.41, 5.74) is 2.00. The number of carbonyl (C=O) groups excluding carboxylic acids is 1. The molecule has 3 rings (SSSR count). The van der Waals surface area contributed by atoms with Crippen molar-refractivity contribution in [3.8, 4) is 0 Å². The molecule has 3 nitrogen and oxygen atoms in total. The lowest BCUT2D eigenvalue weighted by Crippen LogP contribution is -2.44. The van der Waals surface area contributed by atoms with Gasteiger partial charge in [-0.3, -0.25) is 9.69 Å². The first-order valence-electron chi connectivity index (χ1n) is 9.24. The number of likely N-dealkylation sites (tertiary alicyclic amines) is 1. The van der Waals surface area contributed by atoms with Crippen molar-refractivity contribution in [2.75, 3.05) is 13.1 Å². The van der Waals surface area contributed by atoms with Gasteiger partial charge < -0.3 is 4.74 Å². The van der Waals surface area contributed by atoms with Crippen molar-refractivity contribution in [1.29, 1.82) is 0 Å². The van der Waals surface area contributed by atoms with E-state index in [0.717, 1.165) is 30.6 Å². The minimum Gasteiger partial charge on any atom is -0.460 e. The summed E-state index contributed by atoms with van der Waals surface area (Å²) in [4.78, 5) is 14.9. The standard InChI is InChI=1S/C22H26FNO2/c1-16(2)21(22(25)26-15-17-7-4-3-5-8-17)24-12-11-19(14-24)18-9-6-10-20(23)13-18/h3-10,13,16,19,21H,11-12,14-15H2,1-2H3. The third kappa shape index (κ3) is 4.50. The summed E-state index contributed by atoms with van der Waals surface area (Å²) in [5.74, 6) is 0.0331. The summed E-state index contributed by atoms with van der Waals surface area (Å²) in [7, 11) is 0. The van der Waals surface area contributed by atoms with E-state index < -0.39 is 0 Å². The molecule has 138 valence electrons. The van der Waals surface area contributed by atoms with Gasteiger partial charge in [0.05, 0.1) is 0 Å². The highest BCUT2D eigenvalue weighted by Crippen LogP contribution is 2.30. The maximum atomic E-state index is 13.5. The lowest BCUT2D eigenvalue weighted by atomic mass is 9.98. The summed E-state index contributed by atoms with van der Waals surface area (Å²) in [5, 5.41) is 0. The largest absolute Gasteiger partial charge is 0.460 e. The maximum Gasteiger partial charge on any atom is 0.323 e. The monoisotopic (exact) mass is 355 g/mol. The van der Waals surface area contributed by atoms with Crippen molar-refractivity contribution >= 4 is 5.97 Å². The van der Waals surface area contributed by atoms with Crippen LogP contribution in [-0.4, -0.2) is 30.0 Å². The summed E-state index contributed by atoms with van der Waals surface area (Å²) in [6, 6.07) is 16.2. The van der Waals surface area contributed by atoms with Crippen LogP contribution in [0.3, 0.4) is 0 Å². The topological polar surface area (TPSA) is 29.5 Å². The van der Waals surface area contributed by atoms with Crippen LogP contribution >= 0.6 is 0 Å². The van der Waals surface area contributed by atoms with E-state index in [1.54, 1.807) is 12.1 Å². The molecule has 0 aliphatic carbocycles. The number of nitrogens with zero attached hydrogens (tertiary/aromatic N) is 1. The van der Waals surface area contributed by atoms with Crippen LogP contribution in [0.2, 0.25) is 0 Å². The van der Waals surface area contributed by atoms with Crippen molar-refractivity contribution in [3.05, 3.63) is 71.5 Å². The van der Waals surface area contributed by atoms with Gasteiger partial charge in [0.1, 0.15) is 18.5 Å². The van der Waals surface area contributed by atoms with Gasteiger partial charge >= 0.3 is 5.97 Å². The smallest absolute Gasteiger partial charge is 0.323 e. The molecule has 0 aromatic heterocycles. The molecule has 0 saturated carbocycles. The minimum atomic E-state index is -0.266. The molecule has 4 heteroatoms. The maximum absolute atomic E-state index is 13.5. The number of hydrogen-bond acceptors (Lipinski definition) is 3. The average molecular weight is 355 g/mol. The van der Waals surface area contributed by atoms with Gasteiger partial charge in [-0.1, -0.05) is 56.3 Å². The Morgan fingerprint density at radius 2 is 1.96 bits per heavy atom. The summed E-state index contributed by atoms with van der Waals surface area (Å²) in [6.07, 6.45) is 0.929. The fourth-order valence-corrected chi connectivity index (χ4v) is 3.73. The molecule has 0 bridgehead atoms. The van der Waals surface area contributed by atoms with E-state index in [4.69, 9.17) is 4.74 Å². The first kappa shape index (κ1) is 18.6. The zero-order valence-electron chi connectivity index (χ0n) is 15.4. The van der Waals surface area contributed by atoms with Crippen LogP contribution < -0.4 is 0 Å². The van der Waals surface area contributed by atoms with Gasteiger partial charge in [0, 0.05) is 6.54 Å². The molecule has 2 unspecified atom stereocenters. The molecule has 2 atom stereocenters. The van der Waals surface area contributed by atoms with Gasteiger partial charge in [-0.15, -0.1) is 0 Å². The number of ether oxygens (including phenoxy) is 1. The highest BCUT2D eigenvalue weighted by molar-refractivity contribution is 5.76. The Morgan fingerprint density at radius 1 is 1.19 bits per heavy atom. The Hall–Kier alpha value is -2.20. The van der Waals surface area contributed by atoms with Crippen molar-refractivity contribution in [2.24, 2.45) is 5.92 Å². The van der Waals surface area contributed by atoms with E-state index in [9.17, 15) is 9.18 Å². The van der Waals surface area contributed by atoms with E-state index in [1.165, 1.54) is 6.07 Å². The molecular formula is C22H26FNO2. The van der Waals surface area contributed by atoms with Crippen LogP contribution in [0.25, 0.3) is 0 Å². The summed E-state index contributed by atoms with van der Waals surface area (Å²) < 4.78 is 19.1. The van der Waals surface area contributed by atoms with Crippen molar-refractivity contribution in [2.45, 2.75) is 38.8 Å². The predicted octanol–water partition coefficient (Wildman–Crippen LogP) is 4.38. The highest BCUT2D eigenvalue weighted by Gasteiger charge is 2.35. The number of esters is 1. The van der Waals surface area contributed by atoms with Crippen molar-refractivity contribution < 1.29 is 13.9 Å². The zero-order chi connectivity index (χ0) is 18.5. The molecule has 2 aromatic rings. The lowest BCUT2D eigenvalue weighted by molar-refractivity contribution is -0.152. The number of rotatable bonds is 6. The Balaban J connectivity index is 1.63. The van der Waals surface area contributed by atoms with Gasteiger partial charge in [0.25, 0.3) is 0 Å². The fourth-order valence-electron chi connectivity index (χ4n) is 3.73. The molecule has 0 N–H and O–H groups in total. The Labute approximate surface area is 154 Å². The van der Waals surface area contributed by atoms with Crippen LogP contribution in [-0.2, 0) is 16.1 Å². The molecular weight excluding hydrogens is 329 g/mol. The Morgan fingerprint density at radius 3 is 2.65 bits per heavy atom. The first-order chi connectivity index (χ1) is 12.5. The van der Waals surface area contributed by atoms with Gasteiger partial charge in [0.2, 0.25) is 0 Å². The minimum absolute atomic E-state index is 0.157. The molecule has 2 aromatic carbocycles. The van der Waals surface area contributed by atoms with E-state index in [-0.39, 0.29) is 29.7 Å². The molecule has 1 aliphatic rings. The van der Waals surface area contributed by atoms with Crippen LogP contribution in [0, 0.1) is 11.7 Å². The molecule has 1 fully saturated rings. The molecule has 0 spiro atoms. The second-order valence-electron chi connectivity index (χ2n) is 7.32. The molecule has 0 amide bonds. The molecule has 26 heavy (non-hydrogen) atoms. The van der Waals surface area contributed by atoms with Crippen LogP contribution in [0.1, 0.15) is 37.3 Å². The third-order valence-corrected chi connectivity index (χ3v) is 5.03. The van der Waals surface area contributed by atoms with Crippen molar-refractivity contribution in [3.63, 3.8) is 0 Å². The lowest BCUT2D eigenvalue weighted by Gasteiger charge is -2.29. The van der Waals surface area contributed by atoms with Gasteiger partial charge in [-0.25, -0.2) is 4.39 Å². The van der Waals surface area contributed by atoms with Gasteiger partial charge in [-0.05, 0) is 48.1 Å². The first-order valence-corrected chi connectivity index (χ1v) is 9.24. The summed E-state index contributed by atoms with van der Waals surface area (Å²) >= 11 is 0. The molecule has 1 aliphatic heterocycles. The van der Waals surface area contributed by atoms with Crippen LogP contribution in [0.5, 0.6) is 0 Å². The predicted molar refractivity (Wildman–Crippen MR) is 100 cm³/mol. The van der Waals surface area contributed by atoms with E-state index in [2.05, 4.69) is 4.90 Å². The SMILES string of the molecule is CC(C)C(C(=O)OCc1ccccc1)N1CCC(c2cccc(F)c2)C1. The normalized spacial score (nSPS) is 18.8. The number of hydrogen-bond donors (Lipinski definition) is 0. The zero-order valence-corrected chi connectivity index (χ0v) is 15.4. The number of benzene rings is 2. The van der Waals surface area contributed by atoms with E-state index in [1.807, 2.05) is 50.2 Å². The molecule has 1 heterocycles. The summed E-state index contributed by atoms with van der Waals surface area (Å²) in [6.45, 7) is 5.97. The Kier molecular flexibility index (Phi) is 6.04. The molecule has 0 radical (unpaired) electrons. The van der Waals surface area contributed by atoms with Gasteiger partial charge in [0.15, 0.2) is 0 Å².